The lowest BCUT2D eigenvalue weighted by Gasteiger charge is -2.16. The molecule has 0 radical (unpaired) electrons. The van der Waals surface area contributed by atoms with Gasteiger partial charge in [-0.3, -0.25) is 0 Å². The van der Waals surface area contributed by atoms with E-state index in [0.29, 0.717) is 0 Å². The minimum atomic E-state index is -3.27. The Labute approximate surface area is 96.9 Å². The third kappa shape index (κ3) is 3.59. The zero-order chi connectivity index (χ0) is 12.2. The maximum absolute atomic E-state index is 11.5. The molecule has 1 rings (SSSR count). The molecule has 0 saturated heterocycles. The van der Waals surface area contributed by atoms with Gasteiger partial charge in [0.1, 0.15) is 0 Å². The molecule has 3 N–H and O–H groups in total. The van der Waals surface area contributed by atoms with Gasteiger partial charge < -0.3 is 5.73 Å². The molecule has 0 heterocycles. The van der Waals surface area contributed by atoms with Crippen molar-refractivity contribution < 1.29 is 8.42 Å². The van der Waals surface area contributed by atoms with Gasteiger partial charge in [-0.1, -0.05) is 24.3 Å². The second-order valence-corrected chi connectivity index (χ2v) is 5.68. The van der Waals surface area contributed by atoms with E-state index in [-0.39, 0.29) is 18.3 Å². The third-order valence-electron chi connectivity index (χ3n) is 2.40. The largest absolute Gasteiger partial charge is 0.329 e. The van der Waals surface area contributed by atoms with Crippen molar-refractivity contribution in [1.29, 1.82) is 0 Å². The predicted octanol–water partition coefficient (Wildman–Crippen LogP) is 0.934. The van der Waals surface area contributed by atoms with Crippen LogP contribution in [-0.2, 0) is 10.0 Å². The van der Waals surface area contributed by atoms with Crippen molar-refractivity contribution in [1.82, 2.24) is 4.72 Å². The van der Waals surface area contributed by atoms with E-state index < -0.39 is 10.0 Å². The van der Waals surface area contributed by atoms with Crippen LogP contribution in [0.2, 0.25) is 0 Å². The van der Waals surface area contributed by atoms with Crippen LogP contribution in [0.15, 0.2) is 24.3 Å². The minimum Gasteiger partial charge on any atom is -0.329 e. The Morgan fingerprint density at radius 1 is 1.38 bits per heavy atom. The zero-order valence-corrected chi connectivity index (χ0v) is 10.4. The van der Waals surface area contributed by atoms with E-state index in [4.69, 9.17) is 5.73 Å². The smallest absolute Gasteiger partial charge is 0.213 e. The van der Waals surface area contributed by atoms with E-state index in [1.54, 1.807) is 0 Å². The van der Waals surface area contributed by atoms with Gasteiger partial charge in [0.25, 0.3) is 0 Å². The van der Waals surface area contributed by atoms with Crippen molar-refractivity contribution in [2.45, 2.75) is 19.9 Å². The van der Waals surface area contributed by atoms with Crippen LogP contribution in [0.1, 0.15) is 24.1 Å². The first-order chi connectivity index (χ1) is 7.46. The molecule has 1 aromatic rings. The topological polar surface area (TPSA) is 72.2 Å². The maximum atomic E-state index is 11.5. The van der Waals surface area contributed by atoms with Gasteiger partial charge in [-0.25, -0.2) is 13.1 Å². The van der Waals surface area contributed by atoms with E-state index in [0.717, 1.165) is 11.1 Å². The molecule has 0 saturated carbocycles. The molecule has 0 bridgehead atoms. The van der Waals surface area contributed by atoms with Crippen LogP contribution < -0.4 is 10.5 Å². The summed E-state index contributed by atoms with van der Waals surface area (Å²) in [6.45, 7) is 3.93. The average molecular weight is 242 g/mol. The van der Waals surface area contributed by atoms with Crippen molar-refractivity contribution in [2.75, 3.05) is 12.3 Å². The summed E-state index contributed by atoms with van der Waals surface area (Å²) in [5.74, 6) is -0.0385. The number of nitrogens with two attached hydrogens (primary N) is 1. The summed E-state index contributed by atoms with van der Waals surface area (Å²) in [4.78, 5) is 0. The number of rotatable bonds is 5. The fraction of sp³-hybridized carbons (Fsp3) is 0.455. The number of sulfonamides is 1. The van der Waals surface area contributed by atoms with Gasteiger partial charge >= 0.3 is 0 Å². The molecule has 16 heavy (non-hydrogen) atoms. The molecule has 1 aromatic carbocycles. The van der Waals surface area contributed by atoms with Crippen LogP contribution in [0.4, 0.5) is 0 Å². The van der Waals surface area contributed by atoms with E-state index >= 15 is 0 Å². The molecule has 0 aliphatic heterocycles. The maximum Gasteiger partial charge on any atom is 0.213 e. The third-order valence-corrected chi connectivity index (χ3v) is 3.88. The van der Waals surface area contributed by atoms with E-state index in [1.807, 2.05) is 38.1 Å². The molecule has 0 fully saturated rings. The van der Waals surface area contributed by atoms with E-state index in [1.165, 1.54) is 0 Å². The highest BCUT2D eigenvalue weighted by Crippen LogP contribution is 2.17. The first-order valence-electron chi connectivity index (χ1n) is 5.22. The van der Waals surface area contributed by atoms with Gasteiger partial charge in [0.2, 0.25) is 10.0 Å². The molecule has 0 aromatic heterocycles. The number of nitrogens with one attached hydrogen (secondary N) is 1. The van der Waals surface area contributed by atoms with Crippen LogP contribution in [0.5, 0.6) is 0 Å². The Balaban J connectivity index is 2.81. The second-order valence-electron chi connectivity index (χ2n) is 3.80. The number of hydrogen-bond donors (Lipinski definition) is 2. The Bertz CT molecular complexity index is 443. The van der Waals surface area contributed by atoms with Gasteiger partial charge in [0.05, 0.1) is 5.75 Å². The summed E-state index contributed by atoms with van der Waals surface area (Å²) < 4.78 is 25.7. The Hall–Kier alpha value is -0.910. The number of benzene rings is 1. The van der Waals surface area contributed by atoms with Gasteiger partial charge in [-0.2, -0.15) is 0 Å². The van der Waals surface area contributed by atoms with Crippen molar-refractivity contribution in [3.8, 4) is 0 Å². The SMILES string of the molecule is Cc1ccccc1C(C)NS(=O)(=O)CCN. The molecule has 1 unspecified atom stereocenters. The predicted molar refractivity (Wildman–Crippen MR) is 65.6 cm³/mol. The summed E-state index contributed by atoms with van der Waals surface area (Å²) in [5.41, 5.74) is 7.30. The number of hydrogen-bond acceptors (Lipinski definition) is 3. The first-order valence-corrected chi connectivity index (χ1v) is 6.87. The van der Waals surface area contributed by atoms with Crippen molar-refractivity contribution in [3.63, 3.8) is 0 Å². The fourth-order valence-electron chi connectivity index (χ4n) is 1.62. The molecule has 0 aliphatic carbocycles. The van der Waals surface area contributed by atoms with Crippen LogP contribution in [0.3, 0.4) is 0 Å². The van der Waals surface area contributed by atoms with Crippen LogP contribution in [-0.4, -0.2) is 20.7 Å². The van der Waals surface area contributed by atoms with Crippen molar-refractivity contribution in [3.05, 3.63) is 35.4 Å². The first kappa shape index (κ1) is 13.2. The molecular formula is C11H18N2O2S. The lowest BCUT2D eigenvalue weighted by Crippen LogP contribution is -2.32. The molecule has 0 spiro atoms. The number of aryl methyl sites for hydroxylation is 1. The monoisotopic (exact) mass is 242 g/mol. The van der Waals surface area contributed by atoms with Crippen molar-refractivity contribution in [2.24, 2.45) is 5.73 Å². The zero-order valence-electron chi connectivity index (χ0n) is 9.60. The molecule has 1 atom stereocenters. The van der Waals surface area contributed by atoms with E-state index in [9.17, 15) is 8.42 Å². The average Bonchev–Trinajstić information content (AvgIpc) is 2.17. The fourth-order valence-corrected chi connectivity index (χ4v) is 2.71. The lowest BCUT2D eigenvalue weighted by molar-refractivity contribution is 0.566. The highest BCUT2D eigenvalue weighted by atomic mass is 32.2. The summed E-state index contributed by atoms with van der Waals surface area (Å²) in [6.07, 6.45) is 0. The Morgan fingerprint density at radius 2 is 2.00 bits per heavy atom. The minimum absolute atomic E-state index is 0.0385. The van der Waals surface area contributed by atoms with Gasteiger partial charge in [0, 0.05) is 12.6 Å². The highest BCUT2D eigenvalue weighted by Gasteiger charge is 2.15. The van der Waals surface area contributed by atoms with Crippen LogP contribution in [0, 0.1) is 6.92 Å². The van der Waals surface area contributed by atoms with Crippen molar-refractivity contribution >= 4 is 10.0 Å². The molecule has 4 nitrogen and oxygen atoms in total. The molecular weight excluding hydrogens is 224 g/mol. The Kier molecular flexibility index (Phi) is 4.46. The summed E-state index contributed by atoms with van der Waals surface area (Å²) in [7, 11) is -3.27. The van der Waals surface area contributed by atoms with Gasteiger partial charge in [-0.05, 0) is 25.0 Å². The van der Waals surface area contributed by atoms with Crippen LogP contribution >= 0.6 is 0 Å². The van der Waals surface area contributed by atoms with E-state index in [2.05, 4.69) is 4.72 Å². The standard InChI is InChI=1S/C11H18N2O2S/c1-9-5-3-4-6-11(9)10(2)13-16(14,15)8-7-12/h3-6,10,13H,7-8,12H2,1-2H3. The quantitative estimate of drug-likeness (QED) is 0.807. The molecule has 90 valence electrons. The summed E-state index contributed by atoms with van der Waals surface area (Å²) in [6, 6.07) is 7.49. The van der Waals surface area contributed by atoms with Gasteiger partial charge in [-0.15, -0.1) is 0 Å². The molecule has 5 heteroatoms. The summed E-state index contributed by atoms with van der Waals surface area (Å²) in [5, 5.41) is 0. The summed E-state index contributed by atoms with van der Waals surface area (Å²) >= 11 is 0. The molecule has 0 aliphatic rings. The second kappa shape index (κ2) is 5.43. The van der Waals surface area contributed by atoms with Gasteiger partial charge in [0.15, 0.2) is 0 Å². The highest BCUT2D eigenvalue weighted by molar-refractivity contribution is 7.89. The molecule has 0 amide bonds. The normalized spacial score (nSPS) is 13.7. The van der Waals surface area contributed by atoms with Crippen LogP contribution in [0.25, 0.3) is 0 Å². The Morgan fingerprint density at radius 3 is 2.56 bits per heavy atom. The lowest BCUT2D eigenvalue weighted by atomic mass is 10.0.